The minimum absolute atomic E-state index is 0.175. The largest absolute Gasteiger partial charge is 0.348 e. The van der Waals surface area contributed by atoms with E-state index in [4.69, 9.17) is 0 Å². The minimum atomic E-state index is -3.36. The van der Waals surface area contributed by atoms with Crippen molar-refractivity contribution in [2.75, 3.05) is 5.75 Å². The Hall–Kier alpha value is -1.36. The molecule has 4 nitrogen and oxygen atoms in total. The van der Waals surface area contributed by atoms with Crippen LogP contribution in [0, 0.1) is 5.92 Å². The van der Waals surface area contributed by atoms with Crippen molar-refractivity contribution >= 4 is 15.7 Å². The molecule has 1 rings (SSSR count). The molecular weight excluding hydrogens is 274 g/mol. The van der Waals surface area contributed by atoms with Crippen LogP contribution < -0.4 is 5.32 Å². The summed E-state index contributed by atoms with van der Waals surface area (Å²) in [5.74, 6) is -0.717. The van der Waals surface area contributed by atoms with E-state index in [2.05, 4.69) is 5.32 Å². The molecule has 1 aromatic carbocycles. The third-order valence-electron chi connectivity index (χ3n) is 3.19. The number of hydrogen-bond acceptors (Lipinski definition) is 3. The lowest BCUT2D eigenvalue weighted by Crippen LogP contribution is -2.37. The summed E-state index contributed by atoms with van der Waals surface area (Å²) in [7, 11) is -3.36. The van der Waals surface area contributed by atoms with E-state index in [9.17, 15) is 13.2 Å². The number of carbonyl (C=O) groups is 1. The highest BCUT2D eigenvalue weighted by molar-refractivity contribution is 7.92. The number of nitrogens with one attached hydrogen (secondary N) is 1. The van der Waals surface area contributed by atoms with Gasteiger partial charge in [-0.25, -0.2) is 8.42 Å². The van der Waals surface area contributed by atoms with Crippen molar-refractivity contribution in [1.82, 2.24) is 5.32 Å². The van der Waals surface area contributed by atoms with Gasteiger partial charge in [-0.2, -0.15) is 0 Å². The quantitative estimate of drug-likeness (QED) is 0.876. The van der Waals surface area contributed by atoms with Crippen LogP contribution in [0.2, 0.25) is 0 Å². The summed E-state index contributed by atoms with van der Waals surface area (Å²) in [6, 6.07) is 9.41. The lowest BCUT2D eigenvalue weighted by Gasteiger charge is -2.23. The van der Waals surface area contributed by atoms with Crippen LogP contribution in [-0.2, 0) is 14.6 Å². The summed E-state index contributed by atoms with van der Waals surface area (Å²) in [5, 5.41) is 2.29. The predicted octanol–water partition coefficient (Wildman–Crippen LogP) is 2.32. The molecule has 1 atom stereocenters. The van der Waals surface area contributed by atoms with E-state index < -0.39 is 26.7 Å². The zero-order valence-electron chi connectivity index (χ0n) is 12.5. The molecule has 0 fully saturated rings. The van der Waals surface area contributed by atoms with Gasteiger partial charge in [0.25, 0.3) is 0 Å². The molecule has 0 aliphatic carbocycles. The fraction of sp³-hybridized carbons (Fsp3) is 0.533. The first-order valence-electron chi connectivity index (χ1n) is 6.80. The normalized spacial score (nSPS) is 13.5. The third kappa shape index (κ3) is 4.63. The molecule has 20 heavy (non-hydrogen) atoms. The van der Waals surface area contributed by atoms with E-state index in [0.717, 1.165) is 5.56 Å². The molecule has 0 aliphatic heterocycles. The lowest BCUT2D eigenvalue weighted by atomic mass is 9.96. The molecule has 0 aromatic heterocycles. The van der Waals surface area contributed by atoms with E-state index in [1.54, 1.807) is 13.8 Å². The molecule has 0 radical (unpaired) electrons. The zero-order chi connectivity index (χ0) is 15.3. The average Bonchev–Trinajstić information content (AvgIpc) is 2.36. The molecule has 1 N–H and O–H groups in total. The van der Waals surface area contributed by atoms with Crippen LogP contribution in [-0.4, -0.2) is 25.3 Å². The van der Waals surface area contributed by atoms with Crippen LogP contribution in [0.4, 0.5) is 0 Å². The Bertz CT molecular complexity index is 535. The van der Waals surface area contributed by atoms with Gasteiger partial charge in [0, 0.05) is 0 Å². The molecule has 0 saturated carbocycles. The van der Waals surface area contributed by atoms with Gasteiger partial charge < -0.3 is 5.32 Å². The number of hydrogen-bond donors (Lipinski definition) is 1. The molecule has 1 unspecified atom stereocenters. The highest BCUT2D eigenvalue weighted by atomic mass is 32.2. The second-order valence-corrected chi connectivity index (χ2v) is 8.11. The molecule has 0 heterocycles. The molecule has 5 heteroatoms. The van der Waals surface area contributed by atoms with E-state index >= 15 is 0 Å². The second kappa shape index (κ2) is 6.88. The van der Waals surface area contributed by atoms with E-state index in [1.165, 1.54) is 0 Å². The first kappa shape index (κ1) is 16.7. The lowest BCUT2D eigenvalue weighted by molar-refractivity contribution is -0.119. The topological polar surface area (TPSA) is 63.2 Å². The van der Waals surface area contributed by atoms with Crippen LogP contribution in [0.5, 0.6) is 0 Å². The van der Waals surface area contributed by atoms with Crippen LogP contribution in [0.15, 0.2) is 30.3 Å². The van der Waals surface area contributed by atoms with Crippen LogP contribution in [0.25, 0.3) is 0 Å². The maximum atomic E-state index is 12.0. The molecular formula is C15H23NO3S. The minimum Gasteiger partial charge on any atom is -0.348 e. The first-order chi connectivity index (χ1) is 9.24. The number of benzene rings is 1. The molecule has 0 aliphatic rings. The zero-order valence-corrected chi connectivity index (χ0v) is 13.3. The van der Waals surface area contributed by atoms with Crippen LogP contribution in [0.1, 0.15) is 39.3 Å². The average molecular weight is 297 g/mol. The SMILES string of the molecule is CC(C)C(NC(=O)CS(=O)(=O)C(C)C)c1ccccc1. The number of amides is 1. The maximum absolute atomic E-state index is 12.0. The van der Waals surface area contributed by atoms with E-state index in [0.29, 0.717) is 0 Å². The standard InChI is InChI=1S/C15H23NO3S/c1-11(2)15(13-8-6-5-7-9-13)16-14(17)10-20(18,19)12(3)4/h5-9,11-12,15H,10H2,1-4H3,(H,16,17). The van der Waals surface area contributed by atoms with Gasteiger partial charge in [0.15, 0.2) is 9.84 Å². The number of sulfone groups is 1. The first-order valence-corrected chi connectivity index (χ1v) is 8.51. The molecule has 0 spiro atoms. The fourth-order valence-corrected chi connectivity index (χ4v) is 2.64. The Balaban J connectivity index is 2.81. The Morgan fingerprint density at radius 3 is 2.10 bits per heavy atom. The van der Waals surface area contributed by atoms with Crippen LogP contribution >= 0.6 is 0 Å². The van der Waals surface area contributed by atoms with Crippen molar-refractivity contribution < 1.29 is 13.2 Å². The Morgan fingerprint density at radius 1 is 1.10 bits per heavy atom. The summed E-state index contributed by atoms with van der Waals surface area (Å²) in [5.41, 5.74) is 0.984. The van der Waals surface area contributed by atoms with Crippen molar-refractivity contribution in [3.63, 3.8) is 0 Å². The molecule has 0 saturated heterocycles. The third-order valence-corrected chi connectivity index (χ3v) is 5.29. The van der Waals surface area contributed by atoms with Gasteiger partial charge >= 0.3 is 0 Å². The van der Waals surface area contributed by atoms with Gasteiger partial charge in [-0.05, 0) is 25.3 Å². The smallest absolute Gasteiger partial charge is 0.235 e. The van der Waals surface area contributed by atoms with E-state index in [-0.39, 0.29) is 12.0 Å². The molecule has 1 aromatic rings. The highest BCUT2D eigenvalue weighted by Crippen LogP contribution is 2.21. The Morgan fingerprint density at radius 2 is 1.65 bits per heavy atom. The Kier molecular flexibility index (Phi) is 5.74. The summed E-state index contributed by atoms with van der Waals surface area (Å²) in [6.45, 7) is 7.16. The highest BCUT2D eigenvalue weighted by Gasteiger charge is 2.24. The van der Waals surface area contributed by atoms with Gasteiger partial charge in [-0.1, -0.05) is 44.2 Å². The fourth-order valence-electron chi connectivity index (χ4n) is 1.86. The van der Waals surface area contributed by atoms with Gasteiger partial charge in [-0.3, -0.25) is 4.79 Å². The van der Waals surface area contributed by atoms with Crippen molar-refractivity contribution in [3.8, 4) is 0 Å². The number of rotatable bonds is 6. The Labute approximate surface area is 121 Å². The summed E-state index contributed by atoms with van der Waals surface area (Å²) in [6.07, 6.45) is 0. The monoisotopic (exact) mass is 297 g/mol. The van der Waals surface area contributed by atoms with Gasteiger partial charge in [0.05, 0.1) is 11.3 Å². The molecule has 0 bridgehead atoms. The summed E-state index contributed by atoms with van der Waals surface area (Å²) in [4.78, 5) is 12.0. The van der Waals surface area contributed by atoms with Crippen molar-refractivity contribution in [2.45, 2.75) is 39.0 Å². The van der Waals surface area contributed by atoms with Gasteiger partial charge in [-0.15, -0.1) is 0 Å². The summed E-state index contributed by atoms with van der Waals surface area (Å²) < 4.78 is 23.5. The maximum Gasteiger partial charge on any atom is 0.235 e. The van der Waals surface area contributed by atoms with Crippen molar-refractivity contribution in [3.05, 3.63) is 35.9 Å². The molecule has 1 amide bonds. The molecule has 112 valence electrons. The van der Waals surface area contributed by atoms with Gasteiger partial charge in [0.1, 0.15) is 5.75 Å². The summed E-state index contributed by atoms with van der Waals surface area (Å²) >= 11 is 0. The second-order valence-electron chi connectivity index (χ2n) is 5.56. The van der Waals surface area contributed by atoms with Crippen molar-refractivity contribution in [2.24, 2.45) is 5.92 Å². The number of carbonyl (C=O) groups excluding carboxylic acids is 1. The van der Waals surface area contributed by atoms with Crippen molar-refractivity contribution in [1.29, 1.82) is 0 Å². The predicted molar refractivity (Wildman–Crippen MR) is 81.1 cm³/mol. The van der Waals surface area contributed by atoms with Crippen LogP contribution in [0.3, 0.4) is 0 Å². The van der Waals surface area contributed by atoms with Gasteiger partial charge in [0.2, 0.25) is 5.91 Å². The van der Waals surface area contributed by atoms with E-state index in [1.807, 2.05) is 44.2 Å².